The molecule has 4 rings (SSSR count). The molecule has 2 heterocycles. The highest BCUT2D eigenvalue weighted by Crippen LogP contribution is 2.38. The molecule has 290 valence electrons. The number of nitrogens with zero attached hydrogens (tertiary/aromatic N) is 5. The number of aryl methyl sites for hydroxylation is 2. The van der Waals surface area contributed by atoms with Crippen LogP contribution in [0.1, 0.15) is 71.0 Å². The summed E-state index contributed by atoms with van der Waals surface area (Å²) in [6.45, 7) is 15.8. The molecule has 0 aliphatic heterocycles. The molecule has 0 aliphatic carbocycles. The lowest BCUT2D eigenvalue weighted by molar-refractivity contribution is -0.384. The topological polar surface area (TPSA) is 234 Å². The van der Waals surface area contributed by atoms with Gasteiger partial charge in [0, 0.05) is 49.9 Å². The summed E-state index contributed by atoms with van der Waals surface area (Å²) in [6, 6.07) is 7.15. The number of allylic oxidation sites excluding steroid dienone is 1. The Hall–Kier alpha value is -5.75. The molecule has 0 radical (unpaired) electrons. The summed E-state index contributed by atoms with van der Waals surface area (Å²) in [5.74, 6) is -1.39. The molecule has 0 aliphatic rings. The number of primary amides is 2. The summed E-state index contributed by atoms with van der Waals surface area (Å²) in [5.41, 5.74) is 12.7. The fraction of sp³-hybridized carbons (Fsp3) is 0.417. The molecule has 0 spiro atoms. The van der Waals surface area contributed by atoms with Gasteiger partial charge >= 0.3 is 0 Å². The van der Waals surface area contributed by atoms with E-state index >= 15 is 0 Å². The number of hydrogen-bond acceptors (Lipinski definition) is 11. The summed E-state index contributed by atoms with van der Waals surface area (Å²) >= 11 is 0. The van der Waals surface area contributed by atoms with E-state index < -0.39 is 31.0 Å². The zero-order valence-corrected chi connectivity index (χ0v) is 32.9. The number of nitro groups is 1. The molecule has 3 amide bonds. The molecular formula is C36H49N9O8Si. The lowest BCUT2D eigenvalue weighted by Gasteiger charge is -2.36. The summed E-state index contributed by atoms with van der Waals surface area (Å²) < 4.78 is 21.1. The maximum atomic E-state index is 13.4. The molecule has 6 N–H and O–H groups in total. The summed E-state index contributed by atoms with van der Waals surface area (Å²) in [7, 11) is -0.539. The zero-order valence-electron chi connectivity index (χ0n) is 31.9. The van der Waals surface area contributed by atoms with Crippen molar-refractivity contribution in [1.82, 2.24) is 19.3 Å². The monoisotopic (exact) mass is 763 g/mol. The van der Waals surface area contributed by atoms with Crippen molar-refractivity contribution < 1.29 is 33.2 Å². The number of amides is 3. The normalized spacial score (nSPS) is 11.9. The number of nitrogens with one attached hydrogen (secondary N) is 2. The van der Waals surface area contributed by atoms with Gasteiger partial charge in [-0.1, -0.05) is 32.9 Å². The van der Waals surface area contributed by atoms with Gasteiger partial charge in [-0.15, -0.1) is 0 Å². The van der Waals surface area contributed by atoms with E-state index in [0.29, 0.717) is 47.7 Å². The molecule has 0 unspecified atom stereocenters. The minimum atomic E-state index is -1.98. The fourth-order valence-corrected chi connectivity index (χ4v) is 6.41. The number of ether oxygens (including phenoxy) is 2. The first-order chi connectivity index (χ1) is 25.4. The third-order valence-electron chi connectivity index (χ3n) is 9.20. The SMILES string of the molecule is CCn1nc(C)cc1C(=O)Nc1nc2cc(C(N)=O)cc(OC)c2n1CC=CCNc1c(OCCCO[Si](C)(C)C(C)(C)C)cc(C(N)=O)cc1[N+](=O)[O-]. The molecule has 2 aromatic heterocycles. The molecule has 54 heavy (non-hydrogen) atoms. The summed E-state index contributed by atoms with van der Waals surface area (Å²) in [6.07, 6.45) is 4.00. The van der Waals surface area contributed by atoms with Gasteiger partial charge in [0.05, 0.1) is 29.9 Å². The van der Waals surface area contributed by atoms with Gasteiger partial charge in [-0.25, -0.2) is 4.98 Å². The van der Waals surface area contributed by atoms with Gasteiger partial charge in [0.25, 0.3) is 11.6 Å². The van der Waals surface area contributed by atoms with Crippen LogP contribution in [-0.4, -0.2) is 77.2 Å². The Morgan fingerprint density at radius 1 is 1.02 bits per heavy atom. The molecule has 0 atom stereocenters. The first-order valence-electron chi connectivity index (χ1n) is 17.4. The lowest BCUT2D eigenvalue weighted by Crippen LogP contribution is -2.41. The van der Waals surface area contributed by atoms with Crippen LogP contribution in [0, 0.1) is 17.0 Å². The second-order valence-electron chi connectivity index (χ2n) is 14.1. The van der Waals surface area contributed by atoms with Crippen LogP contribution in [0.5, 0.6) is 11.5 Å². The van der Waals surface area contributed by atoms with Crippen LogP contribution in [0.2, 0.25) is 18.1 Å². The number of rotatable bonds is 18. The van der Waals surface area contributed by atoms with E-state index in [2.05, 4.69) is 54.6 Å². The number of carbonyl (C=O) groups is 3. The van der Waals surface area contributed by atoms with Crippen molar-refractivity contribution in [3.8, 4) is 11.5 Å². The fourth-order valence-electron chi connectivity index (χ4n) is 5.32. The van der Waals surface area contributed by atoms with Gasteiger partial charge in [0.15, 0.2) is 14.0 Å². The number of nitrogens with two attached hydrogens (primary N) is 2. The van der Waals surface area contributed by atoms with Gasteiger partial charge in [-0.2, -0.15) is 5.10 Å². The molecule has 17 nitrogen and oxygen atoms in total. The van der Waals surface area contributed by atoms with E-state index in [-0.39, 0.29) is 58.9 Å². The van der Waals surface area contributed by atoms with Crippen molar-refractivity contribution in [2.75, 3.05) is 37.5 Å². The highest BCUT2D eigenvalue weighted by molar-refractivity contribution is 6.74. The van der Waals surface area contributed by atoms with Gasteiger partial charge in [0.1, 0.15) is 22.7 Å². The van der Waals surface area contributed by atoms with Crippen LogP contribution in [0.15, 0.2) is 42.5 Å². The van der Waals surface area contributed by atoms with Crippen LogP contribution in [0.3, 0.4) is 0 Å². The van der Waals surface area contributed by atoms with E-state index in [4.69, 9.17) is 25.4 Å². The van der Waals surface area contributed by atoms with Gasteiger partial charge < -0.3 is 35.3 Å². The summed E-state index contributed by atoms with van der Waals surface area (Å²) in [4.78, 5) is 53.6. The standard InChI is InChI=1S/C36H49N9O8Si/c1-9-44-27(17-22(2)42-44)34(48)41-35-40-25-18-23(32(37)46)21-29(51-6)31(25)43(35)14-11-10-13-39-30-26(45(49)50)19-24(33(38)47)20-28(30)52-15-12-16-53-54(7,8)36(3,4)5/h10-11,17-21,39H,9,12-16H2,1-8H3,(H2,37,46)(H2,38,47)(H,40,41,48). The Kier molecular flexibility index (Phi) is 12.9. The van der Waals surface area contributed by atoms with Crippen molar-refractivity contribution in [2.45, 2.75) is 72.3 Å². The highest BCUT2D eigenvalue weighted by Gasteiger charge is 2.37. The molecule has 0 bridgehead atoms. The van der Waals surface area contributed by atoms with Gasteiger partial charge in [0.2, 0.25) is 17.8 Å². The number of anilines is 2. The maximum absolute atomic E-state index is 13.4. The van der Waals surface area contributed by atoms with Crippen LogP contribution >= 0.6 is 0 Å². The molecule has 18 heteroatoms. The number of hydrogen-bond donors (Lipinski definition) is 4. The zero-order chi connectivity index (χ0) is 40.0. The first kappa shape index (κ1) is 41.0. The Labute approximate surface area is 314 Å². The van der Waals surface area contributed by atoms with Crippen LogP contribution < -0.4 is 31.6 Å². The third-order valence-corrected chi connectivity index (χ3v) is 13.7. The van der Waals surface area contributed by atoms with Crippen LogP contribution in [0.4, 0.5) is 17.3 Å². The predicted molar refractivity (Wildman–Crippen MR) is 208 cm³/mol. The largest absolute Gasteiger partial charge is 0.494 e. The van der Waals surface area contributed by atoms with Crippen LogP contribution in [-0.2, 0) is 17.5 Å². The minimum Gasteiger partial charge on any atom is -0.494 e. The number of benzene rings is 2. The van der Waals surface area contributed by atoms with E-state index in [1.54, 1.807) is 34.4 Å². The second-order valence-corrected chi connectivity index (χ2v) is 18.9. The van der Waals surface area contributed by atoms with E-state index in [9.17, 15) is 24.5 Å². The van der Waals surface area contributed by atoms with Crippen molar-refractivity contribution in [3.05, 3.63) is 75.1 Å². The van der Waals surface area contributed by atoms with Crippen LogP contribution in [0.25, 0.3) is 11.0 Å². The molecule has 0 saturated carbocycles. The number of imidazole rings is 1. The molecule has 4 aromatic rings. The Morgan fingerprint density at radius 2 is 1.69 bits per heavy atom. The average Bonchev–Trinajstić information content (AvgIpc) is 3.65. The Morgan fingerprint density at radius 3 is 2.30 bits per heavy atom. The smallest absolute Gasteiger partial charge is 0.296 e. The number of carbonyl (C=O) groups excluding carboxylic acids is 3. The molecule has 0 fully saturated rings. The highest BCUT2D eigenvalue weighted by atomic mass is 28.4. The average molecular weight is 764 g/mol. The minimum absolute atomic E-state index is 0.0361. The third kappa shape index (κ3) is 9.42. The van der Waals surface area contributed by atoms with Crippen molar-refractivity contribution in [3.63, 3.8) is 0 Å². The second kappa shape index (κ2) is 16.9. The van der Waals surface area contributed by atoms with Crippen molar-refractivity contribution >= 4 is 54.4 Å². The molecule has 2 aromatic carbocycles. The summed E-state index contributed by atoms with van der Waals surface area (Å²) in [5, 5.41) is 22.4. The van der Waals surface area contributed by atoms with E-state index in [1.165, 1.54) is 25.3 Å². The number of aromatic nitrogens is 4. The van der Waals surface area contributed by atoms with E-state index in [0.717, 1.165) is 6.07 Å². The number of nitro benzene ring substituents is 1. The van der Waals surface area contributed by atoms with Gasteiger partial charge in [-0.05, 0) is 56.2 Å². The number of fused-ring (bicyclic) bond motifs is 1. The maximum Gasteiger partial charge on any atom is 0.296 e. The van der Waals surface area contributed by atoms with Crippen molar-refractivity contribution in [2.24, 2.45) is 11.5 Å². The van der Waals surface area contributed by atoms with Crippen molar-refractivity contribution in [1.29, 1.82) is 0 Å². The van der Waals surface area contributed by atoms with Gasteiger partial charge in [-0.3, -0.25) is 34.5 Å². The lowest BCUT2D eigenvalue weighted by atomic mass is 10.1. The van der Waals surface area contributed by atoms with E-state index in [1.807, 2.05) is 6.92 Å². The number of methoxy groups -OCH3 is 1. The Bertz CT molecular complexity index is 2080. The Balaban J connectivity index is 1.59. The predicted octanol–water partition coefficient (Wildman–Crippen LogP) is 5.39. The molecule has 0 saturated heterocycles. The first-order valence-corrected chi connectivity index (χ1v) is 20.3. The molecular weight excluding hydrogens is 715 g/mol. The quantitative estimate of drug-likeness (QED) is 0.0330.